The minimum atomic E-state index is -0.248. The van der Waals surface area contributed by atoms with Crippen LogP contribution >= 0.6 is 0 Å². The summed E-state index contributed by atoms with van der Waals surface area (Å²) < 4.78 is 4.65. The molecule has 2 N–H and O–H groups in total. The van der Waals surface area contributed by atoms with E-state index in [0.29, 0.717) is 11.3 Å². The monoisotopic (exact) mass is 246 g/mol. The number of rotatable bonds is 4. The summed E-state index contributed by atoms with van der Waals surface area (Å²) in [6.45, 7) is 4.58. The number of carbonyl (C=O) groups is 1. The van der Waals surface area contributed by atoms with E-state index >= 15 is 0 Å². The predicted octanol–water partition coefficient (Wildman–Crippen LogP) is 2.06. The van der Waals surface area contributed by atoms with E-state index in [-0.39, 0.29) is 5.91 Å². The highest BCUT2D eigenvalue weighted by Gasteiger charge is 2.13. The fraction of sp³-hybridized carbons (Fsp3) is 0.250. The largest absolute Gasteiger partial charge is 0.385 e. The highest BCUT2D eigenvalue weighted by Crippen LogP contribution is 2.17. The molecule has 0 atom stereocenters. The standard InChI is InChI=1S/C12H14N4O2/c1-3-13-11-4-8(2)14-6-10(11)12(17)16-9-5-15-18-7-9/h4-7H,3H2,1-2H3,(H,13,14)(H,16,17). The molecule has 6 nitrogen and oxygen atoms in total. The van der Waals surface area contributed by atoms with Gasteiger partial charge in [0.05, 0.1) is 17.4 Å². The van der Waals surface area contributed by atoms with Crippen LogP contribution < -0.4 is 10.6 Å². The second-order valence-corrected chi connectivity index (χ2v) is 3.77. The Labute approximate surface area is 104 Å². The van der Waals surface area contributed by atoms with E-state index in [4.69, 9.17) is 0 Å². The van der Waals surface area contributed by atoms with Crippen molar-refractivity contribution in [3.63, 3.8) is 0 Å². The third-order valence-electron chi connectivity index (χ3n) is 2.34. The van der Waals surface area contributed by atoms with Crippen LogP contribution in [0, 0.1) is 6.92 Å². The molecule has 2 aromatic heterocycles. The van der Waals surface area contributed by atoms with Gasteiger partial charge in [0.2, 0.25) is 0 Å². The van der Waals surface area contributed by atoms with Crippen molar-refractivity contribution in [2.24, 2.45) is 0 Å². The van der Waals surface area contributed by atoms with Crippen molar-refractivity contribution in [3.05, 3.63) is 36.0 Å². The number of amides is 1. The highest BCUT2D eigenvalue weighted by atomic mass is 16.5. The molecule has 2 rings (SSSR count). The molecule has 0 unspecified atom stereocenters. The number of hydrogen-bond acceptors (Lipinski definition) is 5. The molecule has 0 aromatic carbocycles. The highest BCUT2D eigenvalue weighted by molar-refractivity contribution is 6.07. The SMILES string of the molecule is CCNc1cc(C)ncc1C(=O)Nc1cnoc1. The molecule has 18 heavy (non-hydrogen) atoms. The van der Waals surface area contributed by atoms with E-state index < -0.39 is 0 Å². The molecule has 6 heteroatoms. The summed E-state index contributed by atoms with van der Waals surface area (Å²) in [5.41, 5.74) is 2.62. The zero-order valence-corrected chi connectivity index (χ0v) is 10.2. The van der Waals surface area contributed by atoms with Crippen molar-refractivity contribution in [1.82, 2.24) is 10.1 Å². The molecular formula is C12H14N4O2. The Balaban J connectivity index is 2.23. The van der Waals surface area contributed by atoms with E-state index in [0.717, 1.165) is 17.9 Å². The van der Waals surface area contributed by atoms with E-state index in [9.17, 15) is 4.79 Å². The normalized spacial score (nSPS) is 10.1. The van der Waals surface area contributed by atoms with Crippen LogP contribution in [0.3, 0.4) is 0 Å². The zero-order chi connectivity index (χ0) is 13.0. The Hall–Kier alpha value is -2.37. The van der Waals surface area contributed by atoms with Crippen LogP contribution in [-0.2, 0) is 0 Å². The molecule has 0 bridgehead atoms. The van der Waals surface area contributed by atoms with Crippen LogP contribution in [0.25, 0.3) is 0 Å². The average Bonchev–Trinajstić information content (AvgIpc) is 2.82. The zero-order valence-electron chi connectivity index (χ0n) is 10.2. The molecule has 94 valence electrons. The van der Waals surface area contributed by atoms with Crippen LogP contribution in [0.2, 0.25) is 0 Å². The van der Waals surface area contributed by atoms with Crippen molar-refractivity contribution in [2.45, 2.75) is 13.8 Å². The van der Waals surface area contributed by atoms with Crippen molar-refractivity contribution in [1.29, 1.82) is 0 Å². The van der Waals surface area contributed by atoms with E-state index in [1.807, 2.05) is 19.9 Å². The minimum absolute atomic E-state index is 0.248. The van der Waals surface area contributed by atoms with Gasteiger partial charge in [-0.05, 0) is 19.9 Å². The Bertz CT molecular complexity index is 537. The number of pyridine rings is 1. The lowest BCUT2D eigenvalue weighted by molar-refractivity contribution is 0.102. The fourth-order valence-corrected chi connectivity index (χ4v) is 1.54. The summed E-state index contributed by atoms with van der Waals surface area (Å²) in [4.78, 5) is 16.2. The van der Waals surface area contributed by atoms with E-state index in [1.54, 1.807) is 6.20 Å². The van der Waals surface area contributed by atoms with Crippen LogP contribution in [0.15, 0.2) is 29.2 Å². The van der Waals surface area contributed by atoms with Gasteiger partial charge in [-0.1, -0.05) is 5.16 Å². The minimum Gasteiger partial charge on any atom is -0.385 e. The molecule has 0 fully saturated rings. The summed E-state index contributed by atoms with van der Waals surface area (Å²) in [6.07, 6.45) is 4.36. The molecule has 0 aliphatic rings. The predicted molar refractivity (Wildman–Crippen MR) is 67.6 cm³/mol. The van der Waals surface area contributed by atoms with Gasteiger partial charge in [0, 0.05) is 18.4 Å². The number of anilines is 2. The van der Waals surface area contributed by atoms with Gasteiger partial charge in [-0.25, -0.2) is 0 Å². The quantitative estimate of drug-likeness (QED) is 0.863. The molecule has 1 amide bonds. The first kappa shape index (κ1) is 12.1. The van der Waals surface area contributed by atoms with Crippen molar-refractivity contribution in [2.75, 3.05) is 17.2 Å². The summed E-state index contributed by atoms with van der Waals surface area (Å²) in [5.74, 6) is -0.248. The first-order chi connectivity index (χ1) is 8.70. The smallest absolute Gasteiger partial charge is 0.259 e. The summed E-state index contributed by atoms with van der Waals surface area (Å²) in [5, 5.41) is 9.34. The van der Waals surface area contributed by atoms with Crippen LogP contribution in [0.5, 0.6) is 0 Å². The van der Waals surface area contributed by atoms with Gasteiger partial charge in [0.25, 0.3) is 5.91 Å². The molecule has 0 aliphatic heterocycles. The van der Waals surface area contributed by atoms with Gasteiger partial charge in [-0.3, -0.25) is 9.78 Å². The Morgan fingerprint density at radius 3 is 2.94 bits per heavy atom. The molecule has 2 heterocycles. The number of aromatic nitrogens is 2. The Morgan fingerprint density at radius 1 is 1.44 bits per heavy atom. The second kappa shape index (κ2) is 5.31. The average molecular weight is 246 g/mol. The van der Waals surface area contributed by atoms with Crippen molar-refractivity contribution >= 4 is 17.3 Å². The molecular weight excluding hydrogens is 232 g/mol. The van der Waals surface area contributed by atoms with Crippen LogP contribution in [0.1, 0.15) is 23.0 Å². The van der Waals surface area contributed by atoms with Gasteiger partial charge in [0.1, 0.15) is 12.0 Å². The maximum absolute atomic E-state index is 12.1. The number of nitrogens with zero attached hydrogens (tertiary/aromatic N) is 2. The van der Waals surface area contributed by atoms with Gasteiger partial charge in [-0.15, -0.1) is 0 Å². The number of carbonyl (C=O) groups excluding carboxylic acids is 1. The maximum Gasteiger partial charge on any atom is 0.259 e. The molecule has 2 aromatic rings. The van der Waals surface area contributed by atoms with E-state index in [1.165, 1.54) is 12.5 Å². The summed E-state index contributed by atoms with van der Waals surface area (Å²) in [7, 11) is 0. The Morgan fingerprint density at radius 2 is 2.28 bits per heavy atom. The molecule has 0 aliphatic carbocycles. The molecule has 0 spiro atoms. The summed E-state index contributed by atoms with van der Waals surface area (Å²) in [6, 6.07) is 1.84. The molecule has 0 saturated carbocycles. The summed E-state index contributed by atoms with van der Waals surface area (Å²) >= 11 is 0. The maximum atomic E-state index is 12.1. The second-order valence-electron chi connectivity index (χ2n) is 3.77. The Kier molecular flexibility index (Phi) is 3.57. The third-order valence-corrected chi connectivity index (χ3v) is 2.34. The first-order valence-electron chi connectivity index (χ1n) is 5.62. The third kappa shape index (κ3) is 2.65. The number of aryl methyl sites for hydroxylation is 1. The van der Waals surface area contributed by atoms with Crippen molar-refractivity contribution in [3.8, 4) is 0 Å². The van der Waals surface area contributed by atoms with Gasteiger partial charge in [0.15, 0.2) is 0 Å². The lowest BCUT2D eigenvalue weighted by atomic mass is 10.2. The fourth-order valence-electron chi connectivity index (χ4n) is 1.54. The molecule has 0 radical (unpaired) electrons. The van der Waals surface area contributed by atoms with Gasteiger partial charge < -0.3 is 15.2 Å². The van der Waals surface area contributed by atoms with Crippen molar-refractivity contribution < 1.29 is 9.32 Å². The number of nitrogens with one attached hydrogen (secondary N) is 2. The lowest BCUT2D eigenvalue weighted by Crippen LogP contribution is -2.15. The number of hydrogen-bond donors (Lipinski definition) is 2. The molecule has 0 saturated heterocycles. The first-order valence-corrected chi connectivity index (χ1v) is 5.62. The van der Waals surface area contributed by atoms with Crippen LogP contribution in [-0.4, -0.2) is 22.6 Å². The van der Waals surface area contributed by atoms with E-state index in [2.05, 4.69) is 25.3 Å². The van der Waals surface area contributed by atoms with Gasteiger partial charge in [-0.2, -0.15) is 0 Å². The van der Waals surface area contributed by atoms with Crippen LogP contribution in [0.4, 0.5) is 11.4 Å². The van der Waals surface area contributed by atoms with Gasteiger partial charge >= 0.3 is 0 Å². The lowest BCUT2D eigenvalue weighted by Gasteiger charge is -2.10. The topological polar surface area (TPSA) is 80.0 Å².